The highest BCUT2D eigenvalue weighted by Crippen LogP contribution is 2.25. The lowest BCUT2D eigenvalue weighted by molar-refractivity contribution is 0.476. The van der Waals surface area contributed by atoms with E-state index in [2.05, 4.69) is 10.0 Å². The molecule has 106 valence electrons. The van der Waals surface area contributed by atoms with Crippen molar-refractivity contribution in [3.63, 3.8) is 0 Å². The van der Waals surface area contributed by atoms with Gasteiger partial charge < -0.3 is 5.32 Å². The summed E-state index contributed by atoms with van der Waals surface area (Å²) in [4.78, 5) is 0.341. The van der Waals surface area contributed by atoms with Crippen LogP contribution < -0.4 is 10.0 Å². The predicted molar refractivity (Wildman–Crippen MR) is 77.9 cm³/mol. The molecule has 1 atom stereocenters. The number of rotatable bonds is 4. The van der Waals surface area contributed by atoms with Crippen LogP contribution in [0.25, 0.3) is 0 Å². The first kappa shape index (κ1) is 14.3. The van der Waals surface area contributed by atoms with Gasteiger partial charge >= 0.3 is 0 Å². The highest BCUT2D eigenvalue weighted by atomic mass is 32.2. The maximum atomic E-state index is 12.3. The van der Waals surface area contributed by atoms with Gasteiger partial charge in [0.05, 0.1) is 4.90 Å². The van der Waals surface area contributed by atoms with Crippen molar-refractivity contribution < 1.29 is 8.42 Å². The zero-order valence-corrected chi connectivity index (χ0v) is 12.5. The largest absolute Gasteiger partial charge is 0.385 e. The van der Waals surface area contributed by atoms with Gasteiger partial charge in [-0.2, -0.15) is 0 Å². The Morgan fingerprint density at radius 1 is 1.26 bits per heavy atom. The normalized spacial score (nSPS) is 16.8. The molecule has 1 aromatic rings. The van der Waals surface area contributed by atoms with Gasteiger partial charge in [0.1, 0.15) is 0 Å². The Bertz CT molecular complexity index is 553. The second-order valence-corrected chi connectivity index (χ2v) is 7.22. The molecule has 0 aromatic heterocycles. The number of fused-ring (bicyclic) bond motifs is 1. The Morgan fingerprint density at radius 3 is 2.68 bits per heavy atom. The van der Waals surface area contributed by atoms with Crippen molar-refractivity contribution in [3.05, 3.63) is 23.8 Å². The Labute approximate surface area is 115 Å². The first-order valence-corrected chi connectivity index (χ1v) is 8.27. The van der Waals surface area contributed by atoms with E-state index in [-0.39, 0.29) is 12.0 Å². The van der Waals surface area contributed by atoms with Crippen LogP contribution in [-0.4, -0.2) is 21.0 Å². The summed E-state index contributed by atoms with van der Waals surface area (Å²) in [6, 6.07) is 5.27. The third kappa shape index (κ3) is 3.28. The summed E-state index contributed by atoms with van der Waals surface area (Å²) in [6.07, 6.45) is 2.11. The molecule has 0 saturated carbocycles. The maximum Gasteiger partial charge on any atom is 0.240 e. The van der Waals surface area contributed by atoms with Gasteiger partial charge in [0.2, 0.25) is 10.0 Å². The van der Waals surface area contributed by atoms with Crippen LogP contribution in [0.4, 0.5) is 5.69 Å². The SMILES string of the molecule is CC(C)C(C)NS(=O)(=O)c1ccc2c(c1)NCCC2. The average Bonchev–Trinajstić information content (AvgIpc) is 2.37. The van der Waals surface area contributed by atoms with Crippen LogP contribution in [0.2, 0.25) is 0 Å². The molecular formula is C14H22N2O2S. The van der Waals surface area contributed by atoms with E-state index in [1.807, 2.05) is 26.8 Å². The number of hydrogen-bond acceptors (Lipinski definition) is 3. The van der Waals surface area contributed by atoms with Crippen molar-refractivity contribution in [2.45, 2.75) is 44.6 Å². The first-order chi connectivity index (χ1) is 8.90. The maximum absolute atomic E-state index is 12.3. The molecule has 0 radical (unpaired) electrons. The highest BCUT2D eigenvalue weighted by Gasteiger charge is 2.20. The molecule has 0 saturated heterocycles. The van der Waals surface area contributed by atoms with Gasteiger partial charge in [-0.25, -0.2) is 13.1 Å². The van der Waals surface area contributed by atoms with E-state index in [4.69, 9.17) is 0 Å². The second kappa shape index (κ2) is 5.51. The molecule has 1 heterocycles. The Morgan fingerprint density at radius 2 is 2.00 bits per heavy atom. The zero-order chi connectivity index (χ0) is 14.0. The molecule has 19 heavy (non-hydrogen) atoms. The highest BCUT2D eigenvalue weighted by molar-refractivity contribution is 7.89. The van der Waals surface area contributed by atoms with Crippen LogP contribution in [0.3, 0.4) is 0 Å². The van der Waals surface area contributed by atoms with E-state index >= 15 is 0 Å². The first-order valence-electron chi connectivity index (χ1n) is 6.79. The quantitative estimate of drug-likeness (QED) is 0.891. The molecule has 1 aliphatic rings. The summed E-state index contributed by atoms with van der Waals surface area (Å²) in [5.41, 5.74) is 2.15. The van der Waals surface area contributed by atoms with Gasteiger partial charge in [-0.15, -0.1) is 0 Å². The fraction of sp³-hybridized carbons (Fsp3) is 0.571. The lowest BCUT2D eigenvalue weighted by Gasteiger charge is -2.21. The molecule has 1 aromatic carbocycles. The molecule has 2 N–H and O–H groups in total. The van der Waals surface area contributed by atoms with Gasteiger partial charge in [0.15, 0.2) is 0 Å². The molecule has 0 fully saturated rings. The number of aryl methyl sites for hydroxylation is 1. The molecule has 5 heteroatoms. The van der Waals surface area contributed by atoms with Gasteiger partial charge in [-0.1, -0.05) is 19.9 Å². The van der Waals surface area contributed by atoms with Crippen molar-refractivity contribution in [2.24, 2.45) is 5.92 Å². The fourth-order valence-corrected chi connectivity index (χ4v) is 3.47. The van der Waals surface area contributed by atoms with Crippen LogP contribution in [0, 0.1) is 5.92 Å². The summed E-state index contributed by atoms with van der Waals surface area (Å²) in [5.74, 6) is 0.269. The fourth-order valence-electron chi connectivity index (χ4n) is 2.06. The second-order valence-electron chi connectivity index (χ2n) is 5.50. The lowest BCUT2D eigenvalue weighted by Crippen LogP contribution is -2.36. The summed E-state index contributed by atoms with van der Waals surface area (Å²) in [6.45, 7) is 6.80. The molecule has 2 rings (SSSR count). The summed E-state index contributed by atoms with van der Waals surface area (Å²) in [5, 5.41) is 3.26. The molecule has 4 nitrogen and oxygen atoms in total. The minimum absolute atomic E-state index is 0.0750. The zero-order valence-electron chi connectivity index (χ0n) is 11.7. The van der Waals surface area contributed by atoms with Gasteiger partial charge in [-0.3, -0.25) is 0 Å². The molecular weight excluding hydrogens is 260 g/mol. The third-order valence-electron chi connectivity index (χ3n) is 3.67. The minimum Gasteiger partial charge on any atom is -0.385 e. The van der Waals surface area contributed by atoms with Crippen molar-refractivity contribution in [2.75, 3.05) is 11.9 Å². The van der Waals surface area contributed by atoms with Gasteiger partial charge in [0.25, 0.3) is 0 Å². The number of nitrogens with one attached hydrogen (secondary N) is 2. The van der Waals surface area contributed by atoms with E-state index < -0.39 is 10.0 Å². The topological polar surface area (TPSA) is 58.2 Å². The molecule has 1 unspecified atom stereocenters. The van der Waals surface area contributed by atoms with Crippen molar-refractivity contribution in [1.29, 1.82) is 0 Å². The number of anilines is 1. The lowest BCUT2D eigenvalue weighted by atomic mass is 10.0. The molecule has 0 amide bonds. The van der Waals surface area contributed by atoms with Crippen LogP contribution in [0.15, 0.2) is 23.1 Å². The van der Waals surface area contributed by atoms with E-state index in [0.717, 1.165) is 25.1 Å². The van der Waals surface area contributed by atoms with Crippen LogP contribution in [0.1, 0.15) is 32.8 Å². The Hall–Kier alpha value is -1.07. The number of hydrogen-bond donors (Lipinski definition) is 2. The summed E-state index contributed by atoms with van der Waals surface area (Å²) < 4.78 is 27.3. The summed E-state index contributed by atoms with van der Waals surface area (Å²) >= 11 is 0. The van der Waals surface area contributed by atoms with Crippen molar-refractivity contribution in [3.8, 4) is 0 Å². The average molecular weight is 282 g/mol. The number of benzene rings is 1. The third-order valence-corrected chi connectivity index (χ3v) is 5.23. The van der Waals surface area contributed by atoms with E-state index in [1.54, 1.807) is 12.1 Å². The standard InChI is InChI=1S/C14H22N2O2S/c1-10(2)11(3)16-19(17,18)13-7-6-12-5-4-8-15-14(12)9-13/h6-7,9-11,15-16H,4-5,8H2,1-3H3. The van der Waals surface area contributed by atoms with E-state index in [9.17, 15) is 8.42 Å². The van der Waals surface area contributed by atoms with Crippen molar-refractivity contribution >= 4 is 15.7 Å². The van der Waals surface area contributed by atoms with E-state index in [1.165, 1.54) is 5.56 Å². The van der Waals surface area contributed by atoms with Crippen LogP contribution >= 0.6 is 0 Å². The number of sulfonamides is 1. The van der Waals surface area contributed by atoms with Crippen molar-refractivity contribution in [1.82, 2.24) is 4.72 Å². The van der Waals surface area contributed by atoms with Gasteiger partial charge in [0, 0.05) is 18.3 Å². The molecule has 0 bridgehead atoms. The monoisotopic (exact) mass is 282 g/mol. The van der Waals surface area contributed by atoms with E-state index in [0.29, 0.717) is 4.90 Å². The molecule has 0 spiro atoms. The summed E-state index contributed by atoms with van der Waals surface area (Å²) in [7, 11) is -3.43. The molecule has 0 aliphatic carbocycles. The smallest absolute Gasteiger partial charge is 0.240 e. The predicted octanol–water partition coefficient (Wildman–Crippen LogP) is 2.37. The van der Waals surface area contributed by atoms with Crippen LogP contribution in [-0.2, 0) is 16.4 Å². The van der Waals surface area contributed by atoms with Crippen LogP contribution in [0.5, 0.6) is 0 Å². The Balaban J connectivity index is 2.26. The molecule has 1 aliphatic heterocycles. The minimum atomic E-state index is -3.43. The Kier molecular flexibility index (Phi) is 4.16. The van der Waals surface area contributed by atoms with Gasteiger partial charge in [-0.05, 0) is 43.4 Å².